The highest BCUT2D eigenvalue weighted by molar-refractivity contribution is 5.78. The van der Waals surface area contributed by atoms with E-state index in [4.69, 9.17) is 4.74 Å². The third-order valence-electron chi connectivity index (χ3n) is 3.25. The molecule has 0 bridgehead atoms. The van der Waals surface area contributed by atoms with Crippen LogP contribution in [0.1, 0.15) is 45.7 Å². The molecular weight excluding hydrogens is 276 g/mol. The van der Waals surface area contributed by atoms with E-state index in [0.717, 1.165) is 17.7 Å². The molecule has 1 unspecified atom stereocenters. The summed E-state index contributed by atoms with van der Waals surface area (Å²) in [5.74, 6) is 1.83. The second kappa shape index (κ2) is 9.46. The molecule has 4 heteroatoms. The van der Waals surface area contributed by atoms with Crippen LogP contribution in [0.4, 0.5) is 0 Å². The van der Waals surface area contributed by atoms with Gasteiger partial charge in [0.05, 0.1) is 19.2 Å². The minimum atomic E-state index is -0.0239. The number of carbonyl (C=O) groups excluding carboxylic acids is 1. The van der Waals surface area contributed by atoms with Crippen LogP contribution in [-0.2, 0) is 4.79 Å². The predicted octanol–water partition coefficient (Wildman–Crippen LogP) is 3.14. The summed E-state index contributed by atoms with van der Waals surface area (Å²) in [5.41, 5.74) is 1.06. The molecule has 0 aliphatic carbocycles. The molecule has 1 aromatic rings. The summed E-state index contributed by atoms with van der Waals surface area (Å²) in [6, 6.07) is 7.97. The molecular formula is C18H30N2O2. The van der Waals surface area contributed by atoms with Gasteiger partial charge in [-0.15, -0.1) is 0 Å². The number of para-hydroxylation sites is 1. The highest BCUT2D eigenvalue weighted by atomic mass is 16.5. The number of benzene rings is 1. The van der Waals surface area contributed by atoms with Crippen LogP contribution in [-0.4, -0.2) is 26.1 Å². The number of carbonyl (C=O) groups is 1. The molecule has 1 rings (SSSR count). The Bertz CT molecular complexity index is 458. The summed E-state index contributed by atoms with van der Waals surface area (Å²) in [5, 5.41) is 6.00. The van der Waals surface area contributed by atoms with E-state index in [2.05, 4.69) is 38.3 Å². The quantitative estimate of drug-likeness (QED) is 0.737. The Balaban J connectivity index is 2.94. The van der Waals surface area contributed by atoms with Crippen molar-refractivity contribution in [2.75, 3.05) is 20.2 Å². The standard InChI is InChI=1S/C18H30N2O2/c1-13(2)10-16(20-18(21)11-19-5)15-8-6-7-9-17(15)22-12-14(3)4/h6-9,13-14,16,19H,10-12H2,1-5H3,(H,20,21). The van der Waals surface area contributed by atoms with Crippen molar-refractivity contribution in [1.29, 1.82) is 0 Å². The Morgan fingerprint density at radius 1 is 1.14 bits per heavy atom. The molecule has 1 aromatic carbocycles. The molecule has 0 aliphatic rings. The van der Waals surface area contributed by atoms with E-state index in [1.54, 1.807) is 7.05 Å². The number of hydrogen-bond acceptors (Lipinski definition) is 3. The van der Waals surface area contributed by atoms with Crippen molar-refractivity contribution in [1.82, 2.24) is 10.6 Å². The van der Waals surface area contributed by atoms with Gasteiger partial charge in [0.15, 0.2) is 0 Å². The SMILES string of the molecule is CNCC(=O)NC(CC(C)C)c1ccccc1OCC(C)C. The van der Waals surface area contributed by atoms with Gasteiger partial charge < -0.3 is 15.4 Å². The molecule has 124 valence electrons. The number of hydrogen-bond donors (Lipinski definition) is 2. The molecule has 2 N–H and O–H groups in total. The van der Waals surface area contributed by atoms with E-state index >= 15 is 0 Å². The van der Waals surface area contributed by atoms with Crippen LogP contribution in [0.25, 0.3) is 0 Å². The van der Waals surface area contributed by atoms with Crippen molar-refractivity contribution in [3.8, 4) is 5.75 Å². The fourth-order valence-corrected chi connectivity index (χ4v) is 2.30. The van der Waals surface area contributed by atoms with Crippen LogP contribution in [0.2, 0.25) is 0 Å². The van der Waals surface area contributed by atoms with Crippen molar-refractivity contribution in [3.05, 3.63) is 29.8 Å². The molecule has 0 heterocycles. The van der Waals surface area contributed by atoms with Crippen LogP contribution in [0.3, 0.4) is 0 Å². The number of rotatable bonds is 9. The highest BCUT2D eigenvalue weighted by Crippen LogP contribution is 2.29. The number of nitrogens with one attached hydrogen (secondary N) is 2. The van der Waals surface area contributed by atoms with Crippen molar-refractivity contribution >= 4 is 5.91 Å². The molecule has 1 atom stereocenters. The minimum absolute atomic E-state index is 0.00631. The van der Waals surface area contributed by atoms with Crippen molar-refractivity contribution in [2.45, 2.75) is 40.2 Å². The fraction of sp³-hybridized carbons (Fsp3) is 0.611. The first-order valence-electron chi connectivity index (χ1n) is 8.09. The summed E-state index contributed by atoms with van der Waals surface area (Å²) in [6.45, 7) is 9.58. The third-order valence-corrected chi connectivity index (χ3v) is 3.25. The van der Waals surface area contributed by atoms with E-state index in [1.807, 2.05) is 24.3 Å². The Morgan fingerprint density at radius 2 is 1.82 bits per heavy atom. The monoisotopic (exact) mass is 306 g/mol. The molecule has 0 saturated carbocycles. The highest BCUT2D eigenvalue weighted by Gasteiger charge is 2.19. The van der Waals surface area contributed by atoms with E-state index in [1.165, 1.54) is 0 Å². The van der Waals surface area contributed by atoms with Gasteiger partial charge in [0.1, 0.15) is 5.75 Å². The third kappa shape index (κ3) is 6.48. The number of ether oxygens (including phenoxy) is 1. The van der Waals surface area contributed by atoms with E-state index < -0.39 is 0 Å². The van der Waals surface area contributed by atoms with Gasteiger partial charge in [-0.25, -0.2) is 0 Å². The normalized spacial score (nSPS) is 12.5. The molecule has 0 fully saturated rings. The minimum Gasteiger partial charge on any atom is -0.493 e. The second-order valence-electron chi connectivity index (χ2n) is 6.52. The first kappa shape index (κ1) is 18.5. The molecule has 0 saturated heterocycles. The number of likely N-dealkylation sites (N-methyl/N-ethyl adjacent to an activating group) is 1. The summed E-state index contributed by atoms with van der Waals surface area (Å²) in [7, 11) is 1.77. The lowest BCUT2D eigenvalue weighted by Crippen LogP contribution is -2.35. The maximum absolute atomic E-state index is 12.0. The van der Waals surface area contributed by atoms with Crippen molar-refractivity contribution in [2.24, 2.45) is 11.8 Å². The zero-order valence-electron chi connectivity index (χ0n) is 14.5. The van der Waals surface area contributed by atoms with Crippen LogP contribution in [0.5, 0.6) is 5.75 Å². The molecule has 0 aliphatic heterocycles. The largest absolute Gasteiger partial charge is 0.493 e. The van der Waals surface area contributed by atoms with Crippen molar-refractivity contribution in [3.63, 3.8) is 0 Å². The maximum Gasteiger partial charge on any atom is 0.234 e. The van der Waals surface area contributed by atoms with Crippen molar-refractivity contribution < 1.29 is 9.53 Å². The van der Waals surface area contributed by atoms with Gasteiger partial charge >= 0.3 is 0 Å². The smallest absolute Gasteiger partial charge is 0.234 e. The lowest BCUT2D eigenvalue weighted by Gasteiger charge is -2.24. The summed E-state index contributed by atoms with van der Waals surface area (Å²) in [6.07, 6.45) is 0.886. The van der Waals surface area contributed by atoms with E-state index in [-0.39, 0.29) is 11.9 Å². The summed E-state index contributed by atoms with van der Waals surface area (Å²) in [4.78, 5) is 12.0. The van der Waals surface area contributed by atoms with Gasteiger partial charge in [0.25, 0.3) is 0 Å². The average molecular weight is 306 g/mol. The Kier molecular flexibility index (Phi) is 7.96. The average Bonchev–Trinajstić information content (AvgIpc) is 2.44. The molecule has 22 heavy (non-hydrogen) atoms. The maximum atomic E-state index is 12.0. The first-order valence-corrected chi connectivity index (χ1v) is 8.09. The molecule has 0 aromatic heterocycles. The van der Waals surface area contributed by atoms with Crippen LogP contribution in [0, 0.1) is 11.8 Å². The van der Waals surface area contributed by atoms with Crippen LogP contribution < -0.4 is 15.4 Å². The zero-order valence-corrected chi connectivity index (χ0v) is 14.5. The molecule has 0 radical (unpaired) electrons. The van der Waals surface area contributed by atoms with E-state index in [9.17, 15) is 4.79 Å². The van der Waals surface area contributed by atoms with Gasteiger partial charge in [-0.1, -0.05) is 45.9 Å². The lowest BCUT2D eigenvalue weighted by molar-refractivity contribution is -0.121. The van der Waals surface area contributed by atoms with Gasteiger partial charge in [0.2, 0.25) is 5.91 Å². The van der Waals surface area contributed by atoms with Crippen LogP contribution in [0.15, 0.2) is 24.3 Å². The Labute approximate surface area is 134 Å². The molecule has 1 amide bonds. The van der Waals surface area contributed by atoms with Gasteiger partial charge in [0, 0.05) is 5.56 Å². The Hall–Kier alpha value is -1.55. The lowest BCUT2D eigenvalue weighted by atomic mass is 9.96. The predicted molar refractivity (Wildman–Crippen MR) is 91.0 cm³/mol. The molecule has 4 nitrogen and oxygen atoms in total. The zero-order chi connectivity index (χ0) is 16.5. The Morgan fingerprint density at radius 3 is 2.41 bits per heavy atom. The summed E-state index contributed by atoms with van der Waals surface area (Å²) < 4.78 is 5.94. The topological polar surface area (TPSA) is 50.4 Å². The fourth-order valence-electron chi connectivity index (χ4n) is 2.30. The number of amides is 1. The summed E-state index contributed by atoms with van der Waals surface area (Å²) >= 11 is 0. The first-order chi connectivity index (χ1) is 10.4. The van der Waals surface area contributed by atoms with Gasteiger partial charge in [-0.3, -0.25) is 4.79 Å². The van der Waals surface area contributed by atoms with E-state index in [0.29, 0.717) is 25.0 Å². The van der Waals surface area contributed by atoms with Gasteiger partial charge in [-0.2, -0.15) is 0 Å². The second-order valence-corrected chi connectivity index (χ2v) is 6.52. The molecule has 0 spiro atoms. The van der Waals surface area contributed by atoms with Gasteiger partial charge in [-0.05, 0) is 31.4 Å². The van der Waals surface area contributed by atoms with Crippen LogP contribution >= 0.6 is 0 Å².